The summed E-state index contributed by atoms with van der Waals surface area (Å²) in [6.07, 6.45) is 4.32. The van der Waals surface area contributed by atoms with E-state index in [2.05, 4.69) is 47.4 Å². The zero-order valence-electron chi connectivity index (χ0n) is 12.1. The second-order valence-electron chi connectivity index (χ2n) is 5.32. The molecule has 1 aliphatic heterocycles. The Morgan fingerprint density at radius 3 is 3.15 bits per heavy atom. The molecular formula is C16H21N3S. The van der Waals surface area contributed by atoms with Crippen LogP contribution in [0.25, 0.3) is 10.6 Å². The fourth-order valence-corrected chi connectivity index (χ4v) is 3.49. The number of hydrogen-bond acceptors (Lipinski definition) is 4. The molecule has 3 nitrogen and oxygen atoms in total. The number of thiazole rings is 1. The highest BCUT2D eigenvalue weighted by molar-refractivity contribution is 7.15. The van der Waals surface area contributed by atoms with Gasteiger partial charge in [0, 0.05) is 42.5 Å². The Labute approximate surface area is 124 Å². The summed E-state index contributed by atoms with van der Waals surface area (Å²) >= 11 is 1.80. The fourth-order valence-electron chi connectivity index (χ4n) is 2.61. The highest BCUT2D eigenvalue weighted by Gasteiger charge is 2.16. The van der Waals surface area contributed by atoms with E-state index < -0.39 is 0 Å². The molecule has 1 N–H and O–H groups in total. The molecule has 0 aliphatic carbocycles. The summed E-state index contributed by atoms with van der Waals surface area (Å²) in [5.74, 6) is 0. The predicted molar refractivity (Wildman–Crippen MR) is 86.5 cm³/mol. The summed E-state index contributed by atoms with van der Waals surface area (Å²) in [6, 6.07) is 6.73. The van der Waals surface area contributed by atoms with Crippen molar-refractivity contribution in [2.24, 2.45) is 0 Å². The molecule has 2 aromatic rings. The van der Waals surface area contributed by atoms with Gasteiger partial charge in [0.15, 0.2) is 0 Å². The van der Waals surface area contributed by atoms with Gasteiger partial charge in [-0.15, -0.1) is 11.3 Å². The highest BCUT2D eigenvalue weighted by Crippen LogP contribution is 2.32. The molecule has 20 heavy (non-hydrogen) atoms. The third-order valence-electron chi connectivity index (χ3n) is 3.73. The molecule has 0 spiro atoms. The van der Waals surface area contributed by atoms with Crippen LogP contribution in [-0.4, -0.2) is 25.1 Å². The topological polar surface area (TPSA) is 28.2 Å². The summed E-state index contributed by atoms with van der Waals surface area (Å²) < 4.78 is 0. The molecule has 106 valence electrons. The van der Waals surface area contributed by atoms with Crippen molar-refractivity contribution in [2.45, 2.75) is 26.3 Å². The fraction of sp³-hybridized carbons (Fsp3) is 0.438. The van der Waals surface area contributed by atoms with Crippen LogP contribution in [0.3, 0.4) is 0 Å². The lowest BCUT2D eigenvalue weighted by Crippen LogP contribution is -2.12. The van der Waals surface area contributed by atoms with E-state index in [1.807, 2.05) is 6.20 Å². The first-order valence-corrected chi connectivity index (χ1v) is 8.09. The molecular weight excluding hydrogens is 266 g/mol. The Bertz CT molecular complexity index is 591. The summed E-state index contributed by atoms with van der Waals surface area (Å²) in [4.78, 5) is 8.21. The van der Waals surface area contributed by atoms with Crippen LogP contribution in [0.4, 0.5) is 5.69 Å². The van der Waals surface area contributed by atoms with Gasteiger partial charge >= 0.3 is 0 Å². The van der Waals surface area contributed by atoms with Crippen molar-refractivity contribution < 1.29 is 0 Å². The predicted octanol–water partition coefficient (Wildman–Crippen LogP) is 3.30. The first-order valence-electron chi connectivity index (χ1n) is 7.28. The molecule has 0 bridgehead atoms. The average molecular weight is 287 g/mol. The molecule has 0 saturated heterocycles. The standard InChI is InChI=1S/C16H21N3S/c1-3-7-17-10-14-11-18-16(20-14)13-4-5-15-12(9-13)6-8-19(15)2/h4-5,9,11,17H,3,6-8,10H2,1-2H3. The number of likely N-dealkylation sites (N-methyl/N-ethyl adjacent to an activating group) is 1. The zero-order valence-corrected chi connectivity index (χ0v) is 13.0. The van der Waals surface area contributed by atoms with Crippen LogP contribution < -0.4 is 10.2 Å². The zero-order chi connectivity index (χ0) is 13.9. The number of nitrogens with zero attached hydrogens (tertiary/aromatic N) is 2. The van der Waals surface area contributed by atoms with Crippen molar-refractivity contribution in [1.82, 2.24) is 10.3 Å². The molecule has 1 aromatic carbocycles. The smallest absolute Gasteiger partial charge is 0.123 e. The molecule has 0 atom stereocenters. The van der Waals surface area contributed by atoms with Crippen LogP contribution in [0.2, 0.25) is 0 Å². The lowest BCUT2D eigenvalue weighted by molar-refractivity contribution is 0.681. The summed E-state index contributed by atoms with van der Waals surface area (Å²) in [6.45, 7) is 5.31. The van der Waals surface area contributed by atoms with Crippen LogP contribution in [0.15, 0.2) is 24.4 Å². The molecule has 0 saturated carbocycles. The minimum absolute atomic E-state index is 0.930. The van der Waals surface area contributed by atoms with Gasteiger partial charge in [0.25, 0.3) is 0 Å². The van der Waals surface area contributed by atoms with Crippen molar-refractivity contribution in [3.8, 4) is 10.6 Å². The van der Waals surface area contributed by atoms with Gasteiger partial charge in [-0.1, -0.05) is 6.92 Å². The molecule has 1 aliphatic rings. The van der Waals surface area contributed by atoms with E-state index in [1.54, 1.807) is 11.3 Å². The molecule has 4 heteroatoms. The van der Waals surface area contributed by atoms with Gasteiger partial charge in [-0.05, 0) is 43.1 Å². The monoisotopic (exact) mass is 287 g/mol. The second-order valence-corrected chi connectivity index (χ2v) is 6.44. The van der Waals surface area contributed by atoms with Crippen molar-refractivity contribution >= 4 is 17.0 Å². The SMILES string of the molecule is CCCNCc1cnc(-c2ccc3c(c2)CCN3C)s1. The first-order chi connectivity index (χ1) is 9.78. The minimum Gasteiger partial charge on any atom is -0.374 e. The lowest BCUT2D eigenvalue weighted by atomic mass is 10.1. The van der Waals surface area contributed by atoms with E-state index >= 15 is 0 Å². The Balaban J connectivity index is 1.76. The maximum Gasteiger partial charge on any atom is 0.123 e. The van der Waals surface area contributed by atoms with Gasteiger partial charge in [-0.2, -0.15) is 0 Å². The number of fused-ring (bicyclic) bond motifs is 1. The first kappa shape index (κ1) is 13.6. The Morgan fingerprint density at radius 2 is 2.30 bits per heavy atom. The van der Waals surface area contributed by atoms with Crippen molar-refractivity contribution in [2.75, 3.05) is 25.0 Å². The number of rotatable bonds is 5. The third-order valence-corrected chi connectivity index (χ3v) is 4.78. The van der Waals surface area contributed by atoms with Gasteiger partial charge in [0.1, 0.15) is 5.01 Å². The molecule has 0 fully saturated rings. The molecule has 1 aromatic heterocycles. The van der Waals surface area contributed by atoms with Gasteiger partial charge < -0.3 is 10.2 Å². The average Bonchev–Trinajstić information content (AvgIpc) is 3.07. The Kier molecular flexibility index (Phi) is 4.03. The number of hydrogen-bond donors (Lipinski definition) is 1. The maximum atomic E-state index is 4.57. The normalized spacial score (nSPS) is 13.8. The number of nitrogens with one attached hydrogen (secondary N) is 1. The van der Waals surface area contributed by atoms with E-state index in [4.69, 9.17) is 0 Å². The van der Waals surface area contributed by atoms with Crippen LogP contribution in [0.5, 0.6) is 0 Å². The van der Waals surface area contributed by atoms with E-state index in [0.29, 0.717) is 0 Å². The van der Waals surface area contributed by atoms with Crippen molar-refractivity contribution in [3.05, 3.63) is 34.8 Å². The quantitative estimate of drug-likeness (QED) is 0.855. The number of benzene rings is 1. The van der Waals surface area contributed by atoms with Crippen LogP contribution in [0, 0.1) is 0 Å². The van der Waals surface area contributed by atoms with Gasteiger partial charge in [0.05, 0.1) is 0 Å². The summed E-state index contributed by atoms with van der Waals surface area (Å²) in [7, 11) is 2.16. The Hall–Kier alpha value is -1.39. The second kappa shape index (κ2) is 5.94. The molecule has 2 heterocycles. The van der Waals surface area contributed by atoms with Crippen LogP contribution in [-0.2, 0) is 13.0 Å². The van der Waals surface area contributed by atoms with E-state index in [9.17, 15) is 0 Å². The summed E-state index contributed by atoms with van der Waals surface area (Å²) in [5.41, 5.74) is 4.08. The summed E-state index contributed by atoms with van der Waals surface area (Å²) in [5, 5.41) is 4.56. The third kappa shape index (κ3) is 2.72. The maximum absolute atomic E-state index is 4.57. The Morgan fingerprint density at radius 1 is 1.40 bits per heavy atom. The molecule has 0 unspecified atom stereocenters. The largest absolute Gasteiger partial charge is 0.374 e. The van der Waals surface area contributed by atoms with Crippen molar-refractivity contribution in [1.29, 1.82) is 0 Å². The van der Waals surface area contributed by atoms with Crippen molar-refractivity contribution in [3.63, 3.8) is 0 Å². The lowest BCUT2D eigenvalue weighted by Gasteiger charge is -2.11. The molecule has 3 rings (SSSR count). The van der Waals surface area contributed by atoms with Crippen LogP contribution in [0.1, 0.15) is 23.8 Å². The van der Waals surface area contributed by atoms with Gasteiger partial charge in [-0.25, -0.2) is 4.98 Å². The van der Waals surface area contributed by atoms with Crippen LogP contribution >= 0.6 is 11.3 Å². The van der Waals surface area contributed by atoms with Gasteiger partial charge in [-0.3, -0.25) is 0 Å². The number of anilines is 1. The number of aromatic nitrogens is 1. The van der Waals surface area contributed by atoms with E-state index in [0.717, 1.165) is 31.1 Å². The van der Waals surface area contributed by atoms with Gasteiger partial charge in [0.2, 0.25) is 0 Å². The van der Waals surface area contributed by atoms with E-state index in [1.165, 1.54) is 28.1 Å². The molecule has 0 radical (unpaired) electrons. The van der Waals surface area contributed by atoms with E-state index in [-0.39, 0.29) is 0 Å². The molecule has 0 amide bonds. The minimum atomic E-state index is 0.930. The highest BCUT2D eigenvalue weighted by atomic mass is 32.1.